The minimum absolute atomic E-state index is 0.0418. The van der Waals surface area contributed by atoms with Crippen LogP contribution in [0.15, 0.2) is 45.7 Å². The van der Waals surface area contributed by atoms with Crippen LogP contribution in [0.4, 0.5) is 0 Å². The van der Waals surface area contributed by atoms with Gasteiger partial charge in [0, 0.05) is 21.8 Å². The molecule has 20 heavy (non-hydrogen) atoms. The molecule has 1 aliphatic rings. The lowest BCUT2D eigenvalue weighted by Crippen LogP contribution is -2.26. The molecule has 0 aliphatic heterocycles. The zero-order valence-electron chi connectivity index (χ0n) is 10.9. The molecule has 1 aromatic carbocycles. The Hall–Kier alpha value is -1.68. The normalized spacial score (nSPS) is 13.2. The molecule has 0 unspecified atom stereocenters. The minimum Gasteiger partial charge on any atom is -0.305 e. The largest absolute Gasteiger partial charge is 0.305 e. The number of carbonyl (C=O) groups excluding carboxylic acids is 1. The number of pyridine rings is 1. The summed E-state index contributed by atoms with van der Waals surface area (Å²) in [7, 11) is 0. The monoisotopic (exact) mass is 331 g/mol. The van der Waals surface area contributed by atoms with Crippen molar-refractivity contribution in [2.45, 2.75) is 25.8 Å². The number of hydrogen-bond donors (Lipinski definition) is 0. The fraction of sp³-hybridized carbons (Fsp3) is 0.250. The van der Waals surface area contributed by atoms with Gasteiger partial charge in [-0.05, 0) is 30.9 Å². The molecular weight excluding hydrogens is 318 g/mol. The van der Waals surface area contributed by atoms with E-state index in [2.05, 4.69) is 15.9 Å². The molecule has 3 nitrogen and oxygen atoms in total. The van der Waals surface area contributed by atoms with E-state index in [1.165, 1.54) is 5.56 Å². The highest BCUT2D eigenvalue weighted by atomic mass is 79.9. The number of Topliss-reactive ketones (excluding diaryl/α,β-unsaturated/α-hetero) is 1. The van der Waals surface area contributed by atoms with Crippen LogP contribution in [0.5, 0.6) is 0 Å². The molecule has 1 aromatic heterocycles. The first kappa shape index (κ1) is 13.3. The standard InChI is InChI=1S/C16H14BrNO2/c17-13-6-2-1-5-12(13)15(19)10-18-14-7-3-4-11(14)8-9-16(18)20/h1-2,5-6,8-9H,3-4,7,10H2. The predicted molar refractivity (Wildman–Crippen MR) is 81.2 cm³/mol. The second-order valence-corrected chi connectivity index (χ2v) is 5.84. The summed E-state index contributed by atoms with van der Waals surface area (Å²) in [5, 5.41) is 0. The first-order chi connectivity index (χ1) is 9.66. The van der Waals surface area contributed by atoms with E-state index in [4.69, 9.17) is 0 Å². The fourth-order valence-corrected chi connectivity index (χ4v) is 3.23. The lowest BCUT2D eigenvalue weighted by atomic mass is 10.1. The van der Waals surface area contributed by atoms with Gasteiger partial charge in [0.05, 0.1) is 6.54 Å². The van der Waals surface area contributed by atoms with Gasteiger partial charge < -0.3 is 4.57 Å². The van der Waals surface area contributed by atoms with E-state index in [0.717, 1.165) is 29.4 Å². The van der Waals surface area contributed by atoms with Crippen molar-refractivity contribution in [1.29, 1.82) is 0 Å². The Morgan fingerprint density at radius 1 is 1.15 bits per heavy atom. The van der Waals surface area contributed by atoms with Gasteiger partial charge in [-0.3, -0.25) is 9.59 Å². The Labute approximate surface area is 125 Å². The zero-order chi connectivity index (χ0) is 14.1. The number of benzene rings is 1. The Bertz CT molecular complexity index is 733. The van der Waals surface area contributed by atoms with E-state index in [1.807, 2.05) is 24.3 Å². The SMILES string of the molecule is O=C(Cn1c2c(ccc1=O)CCC2)c1ccccc1Br. The maximum Gasteiger partial charge on any atom is 0.251 e. The van der Waals surface area contributed by atoms with Crippen molar-refractivity contribution >= 4 is 21.7 Å². The fourth-order valence-electron chi connectivity index (χ4n) is 2.72. The summed E-state index contributed by atoms with van der Waals surface area (Å²) >= 11 is 3.38. The van der Waals surface area contributed by atoms with Crippen LogP contribution in [0, 0.1) is 0 Å². The topological polar surface area (TPSA) is 39.1 Å². The van der Waals surface area contributed by atoms with Gasteiger partial charge in [0.2, 0.25) is 0 Å². The van der Waals surface area contributed by atoms with E-state index in [-0.39, 0.29) is 17.9 Å². The highest BCUT2D eigenvalue weighted by Crippen LogP contribution is 2.21. The molecule has 4 heteroatoms. The molecule has 0 atom stereocenters. The van der Waals surface area contributed by atoms with Crippen LogP contribution in [-0.2, 0) is 19.4 Å². The van der Waals surface area contributed by atoms with Crippen LogP contribution in [0.3, 0.4) is 0 Å². The Morgan fingerprint density at radius 3 is 2.75 bits per heavy atom. The maximum absolute atomic E-state index is 12.4. The van der Waals surface area contributed by atoms with Crippen LogP contribution in [-0.4, -0.2) is 10.4 Å². The summed E-state index contributed by atoms with van der Waals surface area (Å²) in [5.41, 5.74) is 2.75. The summed E-state index contributed by atoms with van der Waals surface area (Å²) in [6.07, 6.45) is 2.94. The lowest BCUT2D eigenvalue weighted by Gasteiger charge is -2.11. The van der Waals surface area contributed by atoms with Crippen molar-refractivity contribution < 1.29 is 4.79 Å². The molecular formula is C16H14BrNO2. The van der Waals surface area contributed by atoms with E-state index < -0.39 is 0 Å². The molecule has 1 aliphatic carbocycles. The molecule has 0 saturated carbocycles. The molecule has 0 radical (unpaired) electrons. The third-order valence-electron chi connectivity index (χ3n) is 3.73. The molecule has 0 N–H and O–H groups in total. The summed E-state index contributed by atoms with van der Waals surface area (Å²) in [4.78, 5) is 24.4. The molecule has 102 valence electrons. The first-order valence-electron chi connectivity index (χ1n) is 6.66. The van der Waals surface area contributed by atoms with Gasteiger partial charge in [-0.25, -0.2) is 0 Å². The molecule has 0 fully saturated rings. The van der Waals surface area contributed by atoms with Crippen molar-refractivity contribution in [3.8, 4) is 0 Å². The van der Waals surface area contributed by atoms with Gasteiger partial charge in [0.25, 0.3) is 5.56 Å². The van der Waals surface area contributed by atoms with Gasteiger partial charge in [-0.2, -0.15) is 0 Å². The van der Waals surface area contributed by atoms with Gasteiger partial charge in [-0.1, -0.05) is 40.2 Å². The summed E-state index contributed by atoms with van der Waals surface area (Å²) in [5.74, 6) is -0.0418. The van der Waals surface area contributed by atoms with Crippen LogP contribution in [0.2, 0.25) is 0 Å². The van der Waals surface area contributed by atoms with Crippen LogP contribution >= 0.6 is 15.9 Å². The van der Waals surface area contributed by atoms with Gasteiger partial charge >= 0.3 is 0 Å². The van der Waals surface area contributed by atoms with Gasteiger partial charge in [0.15, 0.2) is 5.78 Å². The number of aromatic nitrogens is 1. The van der Waals surface area contributed by atoms with E-state index in [0.29, 0.717) is 5.56 Å². The van der Waals surface area contributed by atoms with Gasteiger partial charge in [0.1, 0.15) is 0 Å². The average molecular weight is 332 g/mol. The average Bonchev–Trinajstić information content (AvgIpc) is 2.91. The number of carbonyl (C=O) groups is 1. The van der Waals surface area contributed by atoms with E-state index in [9.17, 15) is 9.59 Å². The Kier molecular flexibility index (Phi) is 3.57. The molecule has 1 heterocycles. The second-order valence-electron chi connectivity index (χ2n) is 4.99. The highest BCUT2D eigenvalue weighted by molar-refractivity contribution is 9.10. The first-order valence-corrected chi connectivity index (χ1v) is 7.45. The Morgan fingerprint density at radius 2 is 1.95 bits per heavy atom. The minimum atomic E-state index is -0.0916. The highest BCUT2D eigenvalue weighted by Gasteiger charge is 2.18. The van der Waals surface area contributed by atoms with Crippen LogP contribution in [0.1, 0.15) is 28.0 Å². The second kappa shape index (κ2) is 5.37. The van der Waals surface area contributed by atoms with Crippen molar-refractivity contribution in [2.75, 3.05) is 0 Å². The maximum atomic E-state index is 12.4. The number of ketones is 1. The van der Waals surface area contributed by atoms with Crippen molar-refractivity contribution in [3.63, 3.8) is 0 Å². The molecule has 3 rings (SSSR count). The van der Waals surface area contributed by atoms with Crippen LogP contribution in [0.25, 0.3) is 0 Å². The molecule has 0 spiro atoms. The Balaban J connectivity index is 1.97. The molecule has 0 saturated heterocycles. The number of fused-ring (bicyclic) bond motifs is 1. The number of rotatable bonds is 3. The molecule has 0 amide bonds. The zero-order valence-corrected chi connectivity index (χ0v) is 12.5. The van der Waals surface area contributed by atoms with Crippen molar-refractivity contribution in [3.05, 3.63) is 68.0 Å². The third-order valence-corrected chi connectivity index (χ3v) is 4.42. The van der Waals surface area contributed by atoms with E-state index >= 15 is 0 Å². The van der Waals surface area contributed by atoms with Crippen LogP contribution < -0.4 is 5.56 Å². The summed E-state index contributed by atoms with van der Waals surface area (Å²) in [6, 6.07) is 10.8. The van der Waals surface area contributed by atoms with E-state index in [1.54, 1.807) is 16.7 Å². The summed E-state index contributed by atoms with van der Waals surface area (Å²) < 4.78 is 2.40. The predicted octanol–water partition coefficient (Wildman–Crippen LogP) is 2.98. The van der Waals surface area contributed by atoms with Gasteiger partial charge in [-0.15, -0.1) is 0 Å². The van der Waals surface area contributed by atoms with Crippen molar-refractivity contribution in [1.82, 2.24) is 4.57 Å². The number of hydrogen-bond acceptors (Lipinski definition) is 2. The number of halogens is 1. The lowest BCUT2D eigenvalue weighted by molar-refractivity contribution is 0.0969. The molecule has 0 bridgehead atoms. The quantitative estimate of drug-likeness (QED) is 0.811. The summed E-state index contributed by atoms with van der Waals surface area (Å²) in [6.45, 7) is 0.116. The number of nitrogens with zero attached hydrogens (tertiary/aromatic N) is 1. The van der Waals surface area contributed by atoms with Crippen molar-refractivity contribution in [2.24, 2.45) is 0 Å². The number of aryl methyl sites for hydroxylation is 1. The molecule has 2 aromatic rings. The third kappa shape index (κ3) is 2.36. The smallest absolute Gasteiger partial charge is 0.251 e.